The largest absolute Gasteiger partial charge is 0.466 e. The van der Waals surface area contributed by atoms with E-state index in [1.54, 1.807) is 6.08 Å². The van der Waals surface area contributed by atoms with E-state index in [-0.39, 0.29) is 18.5 Å². The van der Waals surface area contributed by atoms with E-state index in [4.69, 9.17) is 4.74 Å². The number of esters is 1. The van der Waals surface area contributed by atoms with Gasteiger partial charge in [-0.3, -0.25) is 9.59 Å². The molecule has 0 saturated heterocycles. The average molecular weight is 1170 g/mol. The van der Waals surface area contributed by atoms with Crippen LogP contribution in [0.25, 0.3) is 0 Å². The van der Waals surface area contributed by atoms with Gasteiger partial charge in [0, 0.05) is 12.8 Å². The summed E-state index contributed by atoms with van der Waals surface area (Å²) in [5.41, 5.74) is 0. The summed E-state index contributed by atoms with van der Waals surface area (Å²) in [5.74, 6) is -0.0372. The highest BCUT2D eigenvalue weighted by atomic mass is 16.5. The van der Waals surface area contributed by atoms with E-state index in [2.05, 4.69) is 31.3 Å². The van der Waals surface area contributed by atoms with Crippen LogP contribution in [0.15, 0.2) is 24.3 Å². The zero-order chi connectivity index (χ0) is 59.9. The molecule has 0 fully saturated rings. The van der Waals surface area contributed by atoms with Gasteiger partial charge in [-0.25, -0.2) is 0 Å². The Bertz CT molecular complexity index is 1300. The maximum absolute atomic E-state index is 12.5. The normalized spacial score (nSPS) is 12.6. The van der Waals surface area contributed by atoms with Gasteiger partial charge in [-0.05, 0) is 57.8 Å². The topological polar surface area (TPSA) is 95.9 Å². The van der Waals surface area contributed by atoms with Crippen molar-refractivity contribution in [1.29, 1.82) is 0 Å². The lowest BCUT2D eigenvalue weighted by molar-refractivity contribution is -0.143. The van der Waals surface area contributed by atoms with Crippen molar-refractivity contribution in [1.82, 2.24) is 5.32 Å². The fourth-order valence-electron chi connectivity index (χ4n) is 12.2. The smallest absolute Gasteiger partial charge is 0.305 e. The van der Waals surface area contributed by atoms with Gasteiger partial charge in [0.15, 0.2) is 0 Å². The zero-order valence-corrected chi connectivity index (χ0v) is 56.5. The number of unbranched alkanes of at least 4 members (excludes halogenated alkanes) is 59. The summed E-state index contributed by atoms with van der Waals surface area (Å²) in [7, 11) is 0. The summed E-state index contributed by atoms with van der Waals surface area (Å²) < 4.78 is 5.51. The van der Waals surface area contributed by atoms with Crippen LogP contribution in [-0.4, -0.2) is 47.4 Å². The summed E-state index contributed by atoms with van der Waals surface area (Å²) in [6.45, 7) is 4.95. The quantitative estimate of drug-likeness (QED) is 0.0320. The van der Waals surface area contributed by atoms with E-state index in [9.17, 15) is 19.8 Å². The molecule has 1 amide bonds. The number of allylic oxidation sites excluding steroid dienone is 3. The fourth-order valence-corrected chi connectivity index (χ4v) is 12.2. The first-order valence-electron chi connectivity index (χ1n) is 38.1. The first-order chi connectivity index (χ1) is 41.0. The number of aliphatic hydroxyl groups is 2. The van der Waals surface area contributed by atoms with Crippen LogP contribution >= 0.6 is 0 Å². The second-order valence-corrected chi connectivity index (χ2v) is 26.3. The molecule has 0 aliphatic carbocycles. The highest BCUT2D eigenvalue weighted by molar-refractivity contribution is 5.76. The molecule has 0 aromatic heterocycles. The molecular formula is C77H149NO5. The van der Waals surface area contributed by atoms with Crippen molar-refractivity contribution in [2.45, 2.75) is 443 Å². The number of carbonyl (C=O) groups excluding carboxylic acids is 2. The molecule has 0 aliphatic rings. The van der Waals surface area contributed by atoms with Crippen molar-refractivity contribution < 1.29 is 24.5 Å². The molecule has 2 atom stereocenters. The maximum Gasteiger partial charge on any atom is 0.305 e. The molecule has 0 radical (unpaired) electrons. The number of aliphatic hydroxyl groups excluding tert-OH is 2. The second kappa shape index (κ2) is 72.8. The maximum atomic E-state index is 12.5. The molecule has 0 aliphatic heterocycles. The highest BCUT2D eigenvalue weighted by Crippen LogP contribution is 2.19. The Morgan fingerprint density at radius 1 is 0.325 bits per heavy atom. The van der Waals surface area contributed by atoms with Gasteiger partial charge >= 0.3 is 5.97 Å². The van der Waals surface area contributed by atoms with Gasteiger partial charge in [0.05, 0.1) is 25.4 Å². The van der Waals surface area contributed by atoms with Gasteiger partial charge in [0.2, 0.25) is 5.91 Å². The minimum absolute atomic E-state index is 0.0248. The molecule has 83 heavy (non-hydrogen) atoms. The van der Waals surface area contributed by atoms with Gasteiger partial charge in [-0.1, -0.05) is 385 Å². The standard InChI is InChI=1S/C77H149NO5/c1-3-5-7-9-11-13-15-17-19-39-43-47-51-55-59-63-67-71-77(82)83-72-68-64-60-56-52-48-44-41-38-36-34-32-30-28-26-24-22-20-21-23-25-27-29-31-33-35-37-40-42-46-50-54-58-62-66-70-76(81)78-74(73-79)75(80)69-65-61-57-53-49-45-18-16-14-12-10-8-6-4-2/h22,24,65,69,74-75,79-80H,3-21,23,25-64,66-68,70-73H2,1-2H3,(H,78,81)/b24-22-,69-65+. The van der Waals surface area contributed by atoms with Crippen molar-refractivity contribution in [3.8, 4) is 0 Å². The van der Waals surface area contributed by atoms with Crippen molar-refractivity contribution in [3.05, 3.63) is 24.3 Å². The summed E-state index contributed by atoms with van der Waals surface area (Å²) in [4.78, 5) is 24.6. The number of carbonyl (C=O) groups is 2. The van der Waals surface area contributed by atoms with E-state index in [1.165, 1.54) is 366 Å². The van der Waals surface area contributed by atoms with Crippen molar-refractivity contribution in [2.75, 3.05) is 13.2 Å². The van der Waals surface area contributed by atoms with Crippen LogP contribution in [0, 0.1) is 0 Å². The first kappa shape index (κ1) is 81.3. The molecule has 492 valence electrons. The third-order valence-corrected chi connectivity index (χ3v) is 18.0. The van der Waals surface area contributed by atoms with Crippen LogP contribution < -0.4 is 5.32 Å². The predicted molar refractivity (Wildman–Crippen MR) is 366 cm³/mol. The molecule has 0 saturated carbocycles. The number of amides is 1. The van der Waals surface area contributed by atoms with E-state index in [1.807, 2.05) is 6.08 Å². The summed E-state index contributed by atoms with van der Waals surface area (Å²) in [6.07, 6.45) is 93.0. The van der Waals surface area contributed by atoms with Gasteiger partial charge in [0.1, 0.15) is 0 Å². The van der Waals surface area contributed by atoms with Gasteiger partial charge in [-0.15, -0.1) is 0 Å². The molecule has 0 spiro atoms. The molecule has 0 rings (SSSR count). The third kappa shape index (κ3) is 69.3. The molecule has 0 aromatic rings. The summed E-state index contributed by atoms with van der Waals surface area (Å²) >= 11 is 0. The first-order valence-corrected chi connectivity index (χ1v) is 38.1. The number of hydrogen-bond acceptors (Lipinski definition) is 5. The average Bonchev–Trinajstić information content (AvgIpc) is 3.49. The molecule has 6 nitrogen and oxygen atoms in total. The third-order valence-electron chi connectivity index (χ3n) is 18.0. The van der Waals surface area contributed by atoms with Crippen LogP contribution in [0.1, 0.15) is 431 Å². The lowest BCUT2D eigenvalue weighted by Gasteiger charge is -2.20. The molecule has 0 aromatic carbocycles. The molecule has 0 bridgehead atoms. The minimum Gasteiger partial charge on any atom is -0.466 e. The Hall–Kier alpha value is -1.66. The Morgan fingerprint density at radius 2 is 0.566 bits per heavy atom. The molecule has 0 heterocycles. The lowest BCUT2D eigenvalue weighted by atomic mass is 10.0. The van der Waals surface area contributed by atoms with Gasteiger partial charge in [-0.2, -0.15) is 0 Å². The SMILES string of the molecule is CCCCCCCCCCCCCC/C=C/C(O)C(CO)NC(=O)CCCCCCCCCCCCCCCCCCC/C=C\CCCCCCCCCCCCCCCCOC(=O)CCCCCCCCCCCCCCCCCCC. The Kier molecular flexibility index (Phi) is 71.4. The van der Waals surface area contributed by atoms with Crippen molar-refractivity contribution in [3.63, 3.8) is 0 Å². The van der Waals surface area contributed by atoms with Crippen LogP contribution in [0.2, 0.25) is 0 Å². The Morgan fingerprint density at radius 3 is 0.855 bits per heavy atom. The van der Waals surface area contributed by atoms with E-state index in [0.29, 0.717) is 19.4 Å². The van der Waals surface area contributed by atoms with Crippen LogP contribution in [0.3, 0.4) is 0 Å². The Labute approximate surface area is 520 Å². The van der Waals surface area contributed by atoms with E-state index < -0.39 is 12.1 Å². The predicted octanol–water partition coefficient (Wildman–Crippen LogP) is 24.9. The van der Waals surface area contributed by atoms with Crippen LogP contribution in [0.5, 0.6) is 0 Å². The molecule has 3 N–H and O–H groups in total. The monoisotopic (exact) mass is 1170 g/mol. The molecule has 2 unspecified atom stereocenters. The zero-order valence-electron chi connectivity index (χ0n) is 56.5. The lowest BCUT2D eigenvalue weighted by Crippen LogP contribution is -2.45. The number of hydrogen-bond donors (Lipinski definition) is 3. The highest BCUT2D eigenvalue weighted by Gasteiger charge is 2.18. The number of nitrogens with one attached hydrogen (secondary N) is 1. The van der Waals surface area contributed by atoms with E-state index >= 15 is 0 Å². The minimum atomic E-state index is -0.841. The number of ether oxygens (including phenoxy) is 1. The summed E-state index contributed by atoms with van der Waals surface area (Å²) in [5, 5.41) is 23.2. The van der Waals surface area contributed by atoms with Crippen molar-refractivity contribution >= 4 is 11.9 Å². The van der Waals surface area contributed by atoms with Gasteiger partial charge in [0.25, 0.3) is 0 Å². The molecule has 6 heteroatoms. The molecular weight excluding hydrogens is 1020 g/mol. The fraction of sp³-hybridized carbons (Fsp3) is 0.922. The summed E-state index contributed by atoms with van der Waals surface area (Å²) in [6, 6.07) is -0.624. The Balaban J connectivity index is 3.33. The van der Waals surface area contributed by atoms with Crippen LogP contribution in [-0.2, 0) is 14.3 Å². The van der Waals surface area contributed by atoms with E-state index in [0.717, 1.165) is 38.5 Å². The second-order valence-electron chi connectivity index (χ2n) is 26.3. The van der Waals surface area contributed by atoms with Gasteiger partial charge < -0.3 is 20.3 Å². The van der Waals surface area contributed by atoms with Crippen molar-refractivity contribution in [2.24, 2.45) is 0 Å². The van der Waals surface area contributed by atoms with Crippen LogP contribution in [0.4, 0.5) is 0 Å². The number of rotatable bonds is 72.